The van der Waals surface area contributed by atoms with Gasteiger partial charge < -0.3 is 27.0 Å². The maximum Gasteiger partial charge on any atom is 0.239 e. The second kappa shape index (κ2) is 15.0. The largest absolute Gasteiger partial charge is 0.399 e. The number of anilines is 5. The zero-order valence-electron chi connectivity index (χ0n) is 29.4. The van der Waals surface area contributed by atoms with Gasteiger partial charge in [0.1, 0.15) is 11.0 Å². The Kier molecular flexibility index (Phi) is 9.52. The van der Waals surface area contributed by atoms with Gasteiger partial charge in [0.05, 0.1) is 23.1 Å². The molecule has 0 spiro atoms. The second-order valence-electron chi connectivity index (χ2n) is 13.6. The van der Waals surface area contributed by atoms with E-state index in [0.717, 1.165) is 99.2 Å². The molecule has 8 rings (SSSR count). The highest BCUT2D eigenvalue weighted by Gasteiger charge is 2.31. The highest BCUT2D eigenvalue weighted by Crippen LogP contribution is 2.42. The van der Waals surface area contributed by atoms with E-state index >= 15 is 0 Å². The molecule has 0 saturated heterocycles. The van der Waals surface area contributed by atoms with Gasteiger partial charge in [-0.2, -0.15) is 0 Å². The van der Waals surface area contributed by atoms with Crippen LogP contribution in [0.3, 0.4) is 0 Å². The second-order valence-corrected chi connectivity index (χ2v) is 13.6. The molecule has 1 aromatic heterocycles. The lowest BCUT2D eigenvalue weighted by Gasteiger charge is -2.38. The number of nitrogens with two attached hydrogens (primary N) is 2. The topological polar surface area (TPSA) is 108 Å². The number of aliphatic imine (C=N–C) groups is 1. The van der Waals surface area contributed by atoms with Crippen LogP contribution < -0.4 is 31.6 Å². The number of benzene rings is 5. The smallest absolute Gasteiger partial charge is 0.239 e. The zero-order chi connectivity index (χ0) is 35.3. The number of aromatic nitrogens is 2. The number of nitrogens with zero attached hydrogens (tertiary/aromatic N) is 4. The highest BCUT2D eigenvalue weighted by atomic mass is 15.2. The summed E-state index contributed by atoms with van der Waals surface area (Å²) in [4.78, 5) is 12.3. The van der Waals surface area contributed by atoms with Crippen molar-refractivity contribution in [2.45, 2.75) is 44.6 Å². The van der Waals surface area contributed by atoms with Crippen molar-refractivity contribution in [1.82, 2.24) is 10.3 Å². The van der Waals surface area contributed by atoms with Gasteiger partial charge in [0.15, 0.2) is 0 Å². The van der Waals surface area contributed by atoms with Crippen LogP contribution in [0.5, 0.6) is 0 Å². The van der Waals surface area contributed by atoms with Crippen LogP contribution in [0.25, 0.3) is 27.8 Å². The van der Waals surface area contributed by atoms with E-state index in [-0.39, 0.29) is 6.04 Å². The predicted octanol–water partition coefficient (Wildman–Crippen LogP) is 8.92. The molecule has 0 fully saturated rings. The van der Waals surface area contributed by atoms with Gasteiger partial charge in [-0.3, -0.25) is 0 Å². The summed E-state index contributed by atoms with van der Waals surface area (Å²) in [6.07, 6.45) is 13.8. The summed E-state index contributed by atoms with van der Waals surface area (Å²) >= 11 is 0. The first-order valence-corrected chi connectivity index (χ1v) is 18.4. The first-order valence-electron chi connectivity index (χ1n) is 18.4. The van der Waals surface area contributed by atoms with Crippen molar-refractivity contribution in [3.63, 3.8) is 0 Å². The van der Waals surface area contributed by atoms with Crippen molar-refractivity contribution < 1.29 is 4.57 Å². The molecule has 2 heterocycles. The number of hydrogen-bond donors (Lipinski definition) is 4. The highest BCUT2D eigenvalue weighted by molar-refractivity contribution is 6.10. The summed E-state index contributed by atoms with van der Waals surface area (Å²) in [5, 5.41) is 7.33. The van der Waals surface area contributed by atoms with Crippen LogP contribution in [0, 0.1) is 0 Å². The molecular formula is C44H45N8+. The monoisotopic (exact) mass is 685 g/mol. The Hall–Kier alpha value is -6.15. The third-order valence-corrected chi connectivity index (χ3v) is 9.87. The van der Waals surface area contributed by atoms with Crippen LogP contribution in [0.4, 0.5) is 34.1 Å². The summed E-state index contributed by atoms with van der Waals surface area (Å²) in [7, 11) is 0. The summed E-state index contributed by atoms with van der Waals surface area (Å²) in [6.45, 7) is 1.89. The third kappa shape index (κ3) is 7.05. The first kappa shape index (κ1) is 33.0. The molecule has 5 aromatic carbocycles. The van der Waals surface area contributed by atoms with Gasteiger partial charge >= 0.3 is 0 Å². The van der Waals surface area contributed by atoms with Crippen molar-refractivity contribution in [3.05, 3.63) is 139 Å². The number of nitrogens with one attached hydrogen (secondary N) is 2. The van der Waals surface area contributed by atoms with Gasteiger partial charge in [-0.15, -0.1) is 4.57 Å². The minimum atomic E-state index is 0.00741. The fourth-order valence-corrected chi connectivity index (χ4v) is 7.28. The number of hydrogen-bond acceptors (Lipinski definition) is 7. The van der Waals surface area contributed by atoms with E-state index in [1.165, 1.54) is 25.7 Å². The van der Waals surface area contributed by atoms with Gasteiger partial charge in [-0.25, -0.2) is 9.98 Å². The average molecular weight is 686 g/mol. The Morgan fingerprint density at radius 1 is 0.635 bits per heavy atom. The van der Waals surface area contributed by atoms with Gasteiger partial charge in [-0.05, 0) is 85.7 Å². The fraction of sp³-hybridized carbons (Fsp3) is 0.205. The van der Waals surface area contributed by atoms with Crippen molar-refractivity contribution in [1.29, 1.82) is 0 Å². The fourth-order valence-electron chi connectivity index (χ4n) is 7.28. The minimum absolute atomic E-state index is 0.00741. The Bertz CT molecular complexity index is 2300. The predicted molar refractivity (Wildman–Crippen MR) is 217 cm³/mol. The molecule has 6 N–H and O–H groups in total. The molecule has 52 heavy (non-hydrogen) atoms. The molecule has 260 valence electrons. The standard InChI is InChI=1S/C44H44N8/c45-31-17-21-37-41(27-31)51(35-13-7-5-8-14-35)43-29-33(19-23-39(43)49-37)47-25-11-3-1-2-4-12-26-48-34-20-24-40-44(30-34)52(36-15-9-6-10-16-36)42-28-32(46)18-22-38(42)50-40/h5-10,13-24,27-30,43,47H,1-4,11-12,25-26,45H2,(H2,46,48)/p+1. The van der Waals surface area contributed by atoms with Crippen molar-refractivity contribution in [2.75, 3.05) is 34.8 Å². The molecular weight excluding hydrogens is 641 g/mol. The van der Waals surface area contributed by atoms with Crippen LogP contribution in [0.1, 0.15) is 38.5 Å². The van der Waals surface area contributed by atoms with E-state index in [4.69, 9.17) is 21.4 Å². The Labute approximate surface area is 305 Å². The molecule has 0 radical (unpaired) electrons. The lowest BCUT2D eigenvalue weighted by Crippen LogP contribution is -2.40. The van der Waals surface area contributed by atoms with Gasteiger partial charge in [0.2, 0.25) is 16.7 Å². The quantitative estimate of drug-likeness (QED) is 0.0419. The summed E-state index contributed by atoms with van der Waals surface area (Å²) in [6, 6.07) is 39.2. The molecule has 0 bridgehead atoms. The summed E-state index contributed by atoms with van der Waals surface area (Å²) in [5.74, 6) is 0. The van der Waals surface area contributed by atoms with E-state index < -0.39 is 0 Å². The van der Waals surface area contributed by atoms with E-state index in [1.54, 1.807) is 0 Å². The summed E-state index contributed by atoms with van der Waals surface area (Å²) in [5.41, 5.74) is 25.3. The Morgan fingerprint density at radius 2 is 1.29 bits per heavy atom. The maximum atomic E-state index is 6.21. The molecule has 8 nitrogen and oxygen atoms in total. The van der Waals surface area contributed by atoms with Crippen LogP contribution in [0.15, 0.2) is 144 Å². The molecule has 8 heteroatoms. The number of rotatable bonds is 13. The van der Waals surface area contributed by atoms with Crippen LogP contribution in [0.2, 0.25) is 0 Å². The zero-order valence-corrected chi connectivity index (χ0v) is 29.4. The van der Waals surface area contributed by atoms with E-state index in [2.05, 4.69) is 105 Å². The van der Waals surface area contributed by atoms with Gasteiger partial charge in [0, 0.05) is 65.8 Å². The molecule has 6 aromatic rings. The van der Waals surface area contributed by atoms with Crippen molar-refractivity contribution in [3.8, 4) is 5.69 Å². The van der Waals surface area contributed by atoms with Crippen LogP contribution in [-0.4, -0.2) is 29.8 Å². The lowest BCUT2D eigenvalue weighted by molar-refractivity contribution is -0.538. The van der Waals surface area contributed by atoms with Crippen molar-refractivity contribution in [2.24, 2.45) is 4.99 Å². The molecule has 0 amide bonds. The maximum absolute atomic E-state index is 6.21. The number of unbranched alkanes of at least 4 members (excludes halogenated alkanes) is 5. The molecule has 1 aliphatic carbocycles. The first-order chi connectivity index (χ1) is 25.6. The Morgan fingerprint density at radius 3 is 2.08 bits per heavy atom. The van der Waals surface area contributed by atoms with Crippen molar-refractivity contribution >= 4 is 61.9 Å². The van der Waals surface area contributed by atoms with Crippen LogP contribution >= 0.6 is 0 Å². The number of nitrogen functional groups attached to an aromatic ring is 2. The molecule has 0 saturated carbocycles. The van der Waals surface area contributed by atoms with E-state index in [1.807, 2.05) is 48.5 Å². The van der Waals surface area contributed by atoms with Gasteiger partial charge in [0.25, 0.3) is 0 Å². The Balaban J connectivity index is 0.809. The molecule has 2 aliphatic rings. The molecule has 1 atom stereocenters. The van der Waals surface area contributed by atoms with Crippen LogP contribution in [-0.2, 0) is 0 Å². The number of allylic oxidation sites excluding steroid dienone is 1. The SMILES string of the molecule is Nc1ccc2c(c1)N(c1ccccc1)C1C=C(NCCCCCCCCNc3ccc4nc5ccc(N)cc5[n+](-c5ccccc5)c4c3)C=CC1=N2. The number of para-hydroxylation sites is 2. The van der Waals surface area contributed by atoms with E-state index in [9.17, 15) is 0 Å². The third-order valence-electron chi connectivity index (χ3n) is 9.87. The number of fused-ring (bicyclic) bond motifs is 4. The molecule has 1 unspecified atom stereocenters. The van der Waals surface area contributed by atoms with E-state index in [0.29, 0.717) is 0 Å². The summed E-state index contributed by atoms with van der Waals surface area (Å²) < 4.78 is 2.26. The minimum Gasteiger partial charge on any atom is -0.399 e. The average Bonchev–Trinajstić information content (AvgIpc) is 3.17. The van der Waals surface area contributed by atoms with Gasteiger partial charge in [-0.1, -0.05) is 62.1 Å². The lowest BCUT2D eigenvalue weighted by atomic mass is 9.97. The molecule has 1 aliphatic heterocycles. The normalized spacial score (nSPS) is 14.8.